The fraction of sp³-hybridized carbons (Fsp3) is 0.312. The molecular formula is C16H19NO2. The maximum atomic E-state index is 10.3. The van der Waals surface area contributed by atoms with Crippen molar-refractivity contribution in [3.63, 3.8) is 0 Å². The van der Waals surface area contributed by atoms with E-state index in [0.717, 1.165) is 11.1 Å². The Kier molecular flexibility index (Phi) is 4.17. The molecule has 0 fully saturated rings. The highest BCUT2D eigenvalue weighted by Crippen LogP contribution is 2.21. The first kappa shape index (κ1) is 13.6. The number of nitrogens with zero attached hydrogens (tertiary/aromatic N) is 1. The van der Waals surface area contributed by atoms with Crippen molar-refractivity contribution in [2.24, 2.45) is 0 Å². The fourth-order valence-corrected chi connectivity index (χ4v) is 1.97. The first-order chi connectivity index (χ1) is 9.10. The lowest BCUT2D eigenvalue weighted by molar-refractivity contribution is 0.178. The summed E-state index contributed by atoms with van der Waals surface area (Å²) in [6, 6.07) is 9.79. The number of hydrogen-bond donors (Lipinski definition) is 1. The predicted molar refractivity (Wildman–Crippen MR) is 75.4 cm³/mol. The normalized spacial score (nSPS) is 12.2. The largest absolute Gasteiger partial charge is 0.481 e. The van der Waals surface area contributed by atoms with Gasteiger partial charge in [0.15, 0.2) is 0 Å². The van der Waals surface area contributed by atoms with Crippen LogP contribution in [-0.4, -0.2) is 17.2 Å². The van der Waals surface area contributed by atoms with Crippen LogP contribution in [0.25, 0.3) is 0 Å². The first-order valence-electron chi connectivity index (χ1n) is 6.34. The van der Waals surface area contributed by atoms with E-state index in [9.17, 15) is 5.11 Å². The van der Waals surface area contributed by atoms with Gasteiger partial charge in [-0.1, -0.05) is 24.3 Å². The zero-order valence-electron chi connectivity index (χ0n) is 11.6. The zero-order valence-corrected chi connectivity index (χ0v) is 11.6. The number of pyridine rings is 1. The average Bonchev–Trinajstić information content (AvgIpc) is 2.42. The van der Waals surface area contributed by atoms with E-state index in [1.54, 1.807) is 13.3 Å². The number of aryl methyl sites for hydroxylation is 2. The lowest BCUT2D eigenvalue weighted by Gasteiger charge is -2.13. The fourth-order valence-electron chi connectivity index (χ4n) is 1.97. The Morgan fingerprint density at radius 2 is 1.95 bits per heavy atom. The minimum absolute atomic E-state index is 0.505. The van der Waals surface area contributed by atoms with E-state index in [0.29, 0.717) is 12.3 Å². The molecule has 1 aromatic carbocycles. The highest BCUT2D eigenvalue weighted by Gasteiger charge is 2.10. The minimum atomic E-state index is -0.505. The summed E-state index contributed by atoms with van der Waals surface area (Å²) in [5.41, 5.74) is 4.37. The molecule has 1 heterocycles. The van der Waals surface area contributed by atoms with Crippen molar-refractivity contribution in [3.05, 3.63) is 58.8 Å². The number of ether oxygens (including phenoxy) is 1. The third-order valence-electron chi connectivity index (χ3n) is 3.35. The first-order valence-corrected chi connectivity index (χ1v) is 6.34. The van der Waals surface area contributed by atoms with E-state index in [2.05, 4.69) is 18.8 Å². The second-order valence-electron chi connectivity index (χ2n) is 4.77. The van der Waals surface area contributed by atoms with Crippen LogP contribution in [0.4, 0.5) is 0 Å². The van der Waals surface area contributed by atoms with Crippen LogP contribution in [0.3, 0.4) is 0 Å². The molecule has 2 aromatic rings. The monoisotopic (exact) mass is 257 g/mol. The van der Waals surface area contributed by atoms with Crippen molar-refractivity contribution in [3.8, 4) is 5.88 Å². The Bertz CT molecular complexity index is 549. The number of rotatable bonds is 4. The van der Waals surface area contributed by atoms with E-state index in [4.69, 9.17) is 4.74 Å². The van der Waals surface area contributed by atoms with E-state index in [1.165, 1.54) is 11.1 Å². The van der Waals surface area contributed by atoms with Crippen molar-refractivity contribution in [1.29, 1.82) is 0 Å². The molecule has 1 N–H and O–H groups in total. The van der Waals surface area contributed by atoms with Crippen molar-refractivity contribution in [1.82, 2.24) is 4.98 Å². The number of hydrogen-bond acceptors (Lipinski definition) is 3. The van der Waals surface area contributed by atoms with Gasteiger partial charge in [0.25, 0.3) is 0 Å². The van der Waals surface area contributed by atoms with Crippen molar-refractivity contribution >= 4 is 0 Å². The average molecular weight is 257 g/mol. The Labute approximate surface area is 113 Å². The summed E-state index contributed by atoms with van der Waals surface area (Å²) in [6.45, 7) is 4.12. The van der Waals surface area contributed by atoms with Gasteiger partial charge in [0.1, 0.15) is 0 Å². The molecule has 0 spiro atoms. The molecule has 1 aromatic heterocycles. The summed E-state index contributed by atoms with van der Waals surface area (Å²) in [6.07, 6.45) is 1.79. The summed E-state index contributed by atoms with van der Waals surface area (Å²) in [5.74, 6) is 0.587. The molecule has 3 nitrogen and oxygen atoms in total. The van der Waals surface area contributed by atoms with Crippen LogP contribution < -0.4 is 4.74 Å². The van der Waals surface area contributed by atoms with Crippen LogP contribution in [0.5, 0.6) is 5.88 Å². The maximum absolute atomic E-state index is 10.3. The molecule has 3 heteroatoms. The lowest BCUT2D eigenvalue weighted by Crippen LogP contribution is -2.03. The number of aliphatic hydroxyl groups excluding tert-OH is 1. The highest BCUT2D eigenvalue weighted by molar-refractivity contribution is 5.32. The third-order valence-corrected chi connectivity index (χ3v) is 3.35. The Morgan fingerprint density at radius 3 is 2.53 bits per heavy atom. The van der Waals surface area contributed by atoms with Gasteiger partial charge in [-0.15, -0.1) is 0 Å². The van der Waals surface area contributed by atoms with Crippen molar-refractivity contribution in [2.45, 2.75) is 26.4 Å². The molecular weight excluding hydrogens is 238 g/mol. The van der Waals surface area contributed by atoms with Gasteiger partial charge in [0, 0.05) is 18.7 Å². The topological polar surface area (TPSA) is 42.4 Å². The summed E-state index contributed by atoms with van der Waals surface area (Å²) >= 11 is 0. The quantitative estimate of drug-likeness (QED) is 0.915. The van der Waals surface area contributed by atoms with Crippen LogP contribution in [0, 0.1) is 13.8 Å². The summed E-state index contributed by atoms with van der Waals surface area (Å²) in [5, 5.41) is 10.3. The molecule has 0 saturated carbocycles. The Hall–Kier alpha value is -1.87. The number of aromatic nitrogens is 1. The van der Waals surface area contributed by atoms with Gasteiger partial charge in [-0.25, -0.2) is 4.98 Å². The molecule has 100 valence electrons. The second-order valence-corrected chi connectivity index (χ2v) is 4.77. The Morgan fingerprint density at radius 1 is 1.16 bits per heavy atom. The SMILES string of the molecule is COc1ccc(CC(O)c2ccc(C)c(C)c2)cn1. The van der Waals surface area contributed by atoms with Crippen LogP contribution in [-0.2, 0) is 6.42 Å². The molecule has 19 heavy (non-hydrogen) atoms. The maximum Gasteiger partial charge on any atom is 0.212 e. The van der Waals surface area contributed by atoms with Gasteiger partial charge in [0.2, 0.25) is 5.88 Å². The van der Waals surface area contributed by atoms with Gasteiger partial charge < -0.3 is 9.84 Å². The van der Waals surface area contributed by atoms with Crippen LogP contribution in [0.15, 0.2) is 36.5 Å². The van der Waals surface area contributed by atoms with Crippen LogP contribution >= 0.6 is 0 Å². The second kappa shape index (κ2) is 5.85. The van der Waals surface area contributed by atoms with Crippen molar-refractivity contribution in [2.75, 3.05) is 7.11 Å². The zero-order chi connectivity index (χ0) is 13.8. The summed E-state index contributed by atoms with van der Waals surface area (Å²) in [7, 11) is 1.59. The molecule has 1 atom stereocenters. The smallest absolute Gasteiger partial charge is 0.212 e. The van der Waals surface area contributed by atoms with Gasteiger partial charge in [-0.3, -0.25) is 0 Å². The third kappa shape index (κ3) is 3.32. The van der Waals surface area contributed by atoms with E-state index in [-0.39, 0.29) is 0 Å². The van der Waals surface area contributed by atoms with Crippen LogP contribution in [0.1, 0.15) is 28.4 Å². The summed E-state index contributed by atoms with van der Waals surface area (Å²) < 4.78 is 5.01. The minimum Gasteiger partial charge on any atom is -0.481 e. The molecule has 2 rings (SSSR count). The number of aliphatic hydroxyl groups is 1. The van der Waals surface area contributed by atoms with E-state index >= 15 is 0 Å². The molecule has 0 aliphatic carbocycles. The van der Waals surface area contributed by atoms with Gasteiger partial charge in [0.05, 0.1) is 13.2 Å². The predicted octanol–water partition coefficient (Wildman–Crippen LogP) is 2.98. The molecule has 0 aliphatic rings. The lowest BCUT2D eigenvalue weighted by atomic mass is 9.99. The van der Waals surface area contributed by atoms with Gasteiger partial charge in [-0.2, -0.15) is 0 Å². The standard InChI is InChI=1S/C16H19NO2/c1-11-4-6-14(8-12(11)2)15(18)9-13-5-7-16(19-3)17-10-13/h4-8,10,15,18H,9H2,1-3H3. The van der Waals surface area contributed by atoms with Crippen LogP contribution in [0.2, 0.25) is 0 Å². The molecule has 0 bridgehead atoms. The van der Waals surface area contributed by atoms with E-state index < -0.39 is 6.10 Å². The van der Waals surface area contributed by atoms with E-state index in [1.807, 2.05) is 30.3 Å². The Balaban J connectivity index is 2.10. The molecule has 0 radical (unpaired) electrons. The van der Waals surface area contributed by atoms with Crippen molar-refractivity contribution < 1.29 is 9.84 Å². The summed E-state index contributed by atoms with van der Waals surface area (Å²) in [4.78, 5) is 4.14. The highest BCUT2D eigenvalue weighted by atomic mass is 16.5. The van der Waals surface area contributed by atoms with Gasteiger partial charge >= 0.3 is 0 Å². The number of benzene rings is 1. The molecule has 0 saturated heterocycles. The molecule has 0 amide bonds. The number of methoxy groups -OCH3 is 1. The molecule has 1 unspecified atom stereocenters. The van der Waals surface area contributed by atoms with Gasteiger partial charge in [-0.05, 0) is 36.1 Å². The molecule has 0 aliphatic heterocycles.